The maximum atomic E-state index is 14.0. The molecule has 0 unspecified atom stereocenters. The molecule has 3 heterocycles. The van der Waals surface area contributed by atoms with Crippen molar-refractivity contribution in [3.63, 3.8) is 0 Å². The number of aromatic nitrogens is 3. The van der Waals surface area contributed by atoms with Gasteiger partial charge in [-0.3, -0.25) is 9.58 Å². The topological polar surface area (TPSA) is 102 Å². The van der Waals surface area contributed by atoms with Crippen molar-refractivity contribution in [2.75, 3.05) is 26.1 Å². The van der Waals surface area contributed by atoms with Crippen LogP contribution in [0.15, 0.2) is 30.5 Å². The maximum absolute atomic E-state index is 14.0. The van der Waals surface area contributed by atoms with Gasteiger partial charge in [0.2, 0.25) is 0 Å². The van der Waals surface area contributed by atoms with Gasteiger partial charge in [-0.05, 0) is 38.2 Å². The Kier molecular flexibility index (Phi) is 5.48. The molecular formula is C22H23FN6O2. The zero-order valence-corrected chi connectivity index (χ0v) is 17.6. The van der Waals surface area contributed by atoms with E-state index < -0.39 is 6.10 Å². The predicted octanol–water partition coefficient (Wildman–Crippen LogP) is 3.04. The number of nitrogens with zero attached hydrogens (tertiary/aromatic N) is 5. The lowest BCUT2D eigenvalue weighted by molar-refractivity contribution is 0.146. The maximum Gasteiger partial charge on any atom is 0.166 e. The first kappa shape index (κ1) is 20.6. The number of halogens is 1. The molecule has 0 aliphatic carbocycles. The highest BCUT2D eigenvalue weighted by atomic mass is 19.1. The quantitative estimate of drug-likeness (QED) is 0.594. The van der Waals surface area contributed by atoms with Gasteiger partial charge in [-0.1, -0.05) is 0 Å². The summed E-state index contributed by atoms with van der Waals surface area (Å²) in [5.74, 6) is 0.690. The van der Waals surface area contributed by atoms with Gasteiger partial charge in [0.15, 0.2) is 11.6 Å². The Bertz CT molecular complexity index is 1170. The number of likely N-dealkylation sites (N-methyl/N-ethyl adjacent to an activating group) is 1. The van der Waals surface area contributed by atoms with E-state index in [0.29, 0.717) is 53.6 Å². The molecule has 0 amide bonds. The number of nitrogens with two attached hydrogens (primary N) is 1. The van der Waals surface area contributed by atoms with Gasteiger partial charge in [-0.25, -0.2) is 9.37 Å². The number of fused-ring (bicyclic) bond motifs is 5. The summed E-state index contributed by atoms with van der Waals surface area (Å²) in [7, 11) is 3.66. The Labute approximate surface area is 179 Å². The second-order valence-electron chi connectivity index (χ2n) is 7.56. The molecule has 0 spiro atoms. The molecule has 31 heavy (non-hydrogen) atoms. The van der Waals surface area contributed by atoms with Crippen LogP contribution in [0.4, 0.5) is 10.2 Å². The summed E-state index contributed by atoms with van der Waals surface area (Å²) in [6.45, 7) is 2.74. The van der Waals surface area contributed by atoms with E-state index in [1.54, 1.807) is 37.0 Å². The van der Waals surface area contributed by atoms with E-state index in [2.05, 4.69) is 16.2 Å². The van der Waals surface area contributed by atoms with Crippen LogP contribution in [-0.2, 0) is 13.5 Å². The van der Waals surface area contributed by atoms with E-state index in [1.807, 2.05) is 11.9 Å². The highest BCUT2D eigenvalue weighted by molar-refractivity contribution is 5.73. The van der Waals surface area contributed by atoms with E-state index >= 15 is 0 Å². The summed E-state index contributed by atoms with van der Waals surface area (Å²) in [6, 6.07) is 8.31. The molecule has 1 aliphatic heterocycles. The monoisotopic (exact) mass is 422 g/mol. The summed E-state index contributed by atoms with van der Waals surface area (Å²) in [5.41, 5.74) is 9.22. The Morgan fingerprint density at radius 1 is 1.26 bits per heavy atom. The second kappa shape index (κ2) is 8.24. The molecule has 1 atom stereocenters. The van der Waals surface area contributed by atoms with Gasteiger partial charge in [0.05, 0.1) is 5.69 Å². The minimum Gasteiger partial charge on any atom is -0.482 e. The number of nitriles is 1. The van der Waals surface area contributed by atoms with Crippen molar-refractivity contribution in [3.05, 3.63) is 53.2 Å². The number of anilines is 1. The number of benzene rings is 1. The van der Waals surface area contributed by atoms with Crippen LogP contribution < -0.4 is 15.2 Å². The summed E-state index contributed by atoms with van der Waals surface area (Å²) in [6.07, 6.45) is 1.65. The molecule has 2 aromatic heterocycles. The average Bonchev–Trinajstić information content (AvgIpc) is 3.07. The molecule has 160 valence electrons. The fraction of sp³-hybridized carbons (Fsp3) is 0.318. The number of ether oxygens (including phenoxy) is 2. The zero-order valence-electron chi connectivity index (χ0n) is 17.6. The Hall–Kier alpha value is -3.64. The molecule has 2 bridgehead atoms. The largest absolute Gasteiger partial charge is 0.482 e. The molecule has 0 fully saturated rings. The summed E-state index contributed by atoms with van der Waals surface area (Å²) in [4.78, 5) is 6.26. The first-order valence-electron chi connectivity index (χ1n) is 9.86. The van der Waals surface area contributed by atoms with Crippen molar-refractivity contribution in [1.29, 1.82) is 5.26 Å². The van der Waals surface area contributed by atoms with Crippen molar-refractivity contribution < 1.29 is 13.9 Å². The SMILES string of the molecule is C[C@H]1Oc2cc(cnc2N)-c2c(nn(C)c2C#N)CCN(C)COc2ccc(F)cc21. The molecule has 0 saturated carbocycles. The van der Waals surface area contributed by atoms with Crippen LogP contribution >= 0.6 is 0 Å². The number of rotatable bonds is 0. The summed E-state index contributed by atoms with van der Waals surface area (Å²) in [5, 5.41) is 14.2. The van der Waals surface area contributed by atoms with E-state index in [-0.39, 0.29) is 11.6 Å². The van der Waals surface area contributed by atoms with Crippen molar-refractivity contribution >= 4 is 5.82 Å². The van der Waals surface area contributed by atoms with Crippen LogP contribution in [-0.4, -0.2) is 40.0 Å². The molecule has 2 N–H and O–H groups in total. The van der Waals surface area contributed by atoms with Crippen LogP contribution in [0.5, 0.6) is 11.5 Å². The third-order valence-electron chi connectivity index (χ3n) is 5.28. The lowest BCUT2D eigenvalue weighted by Gasteiger charge is -2.23. The number of nitrogen functional groups attached to an aromatic ring is 1. The standard InChI is InChI=1S/C22H23FN6O2/c1-13-16-9-15(23)4-5-19(16)30-12-28(2)7-6-17-21(18(10-24)29(3)27-17)14-8-20(31-13)22(25)26-11-14/h4-5,8-9,11,13H,6-7,12H2,1-3H3,(H2,25,26)/t13-/m1/s1. The molecule has 1 aromatic carbocycles. The Balaban J connectivity index is 1.86. The molecule has 3 aromatic rings. The van der Waals surface area contributed by atoms with Gasteiger partial charge in [0.1, 0.15) is 36.2 Å². The zero-order chi connectivity index (χ0) is 22.1. The first-order valence-corrected chi connectivity index (χ1v) is 9.86. The van der Waals surface area contributed by atoms with Gasteiger partial charge < -0.3 is 15.2 Å². The Morgan fingerprint density at radius 3 is 2.84 bits per heavy atom. The number of hydrogen-bond donors (Lipinski definition) is 1. The molecule has 8 nitrogen and oxygen atoms in total. The normalized spacial score (nSPS) is 16.8. The number of pyridine rings is 1. The van der Waals surface area contributed by atoms with Gasteiger partial charge >= 0.3 is 0 Å². The molecule has 1 aliphatic rings. The van der Waals surface area contributed by atoms with Crippen molar-refractivity contribution in [2.45, 2.75) is 19.4 Å². The third kappa shape index (κ3) is 4.02. The van der Waals surface area contributed by atoms with Crippen LogP contribution in [0, 0.1) is 17.1 Å². The minimum absolute atomic E-state index is 0.199. The van der Waals surface area contributed by atoms with Crippen molar-refractivity contribution in [3.8, 4) is 28.7 Å². The van der Waals surface area contributed by atoms with Crippen molar-refractivity contribution in [2.24, 2.45) is 7.05 Å². The summed E-state index contributed by atoms with van der Waals surface area (Å²) < 4.78 is 27.6. The molecular weight excluding hydrogens is 399 g/mol. The van der Waals surface area contributed by atoms with Gasteiger partial charge in [-0.15, -0.1) is 0 Å². The van der Waals surface area contributed by atoms with Crippen LogP contribution in [0.1, 0.15) is 30.0 Å². The lowest BCUT2D eigenvalue weighted by Crippen LogP contribution is -2.27. The highest BCUT2D eigenvalue weighted by Crippen LogP contribution is 2.36. The van der Waals surface area contributed by atoms with E-state index in [9.17, 15) is 9.65 Å². The fourth-order valence-electron chi connectivity index (χ4n) is 3.64. The highest BCUT2D eigenvalue weighted by Gasteiger charge is 2.22. The van der Waals surface area contributed by atoms with E-state index in [4.69, 9.17) is 15.2 Å². The molecule has 0 saturated heterocycles. The Morgan fingerprint density at radius 2 is 2.06 bits per heavy atom. The minimum atomic E-state index is -0.554. The predicted molar refractivity (Wildman–Crippen MR) is 113 cm³/mol. The van der Waals surface area contributed by atoms with Crippen LogP contribution in [0.25, 0.3) is 11.1 Å². The second-order valence-corrected chi connectivity index (χ2v) is 7.56. The fourth-order valence-corrected chi connectivity index (χ4v) is 3.64. The van der Waals surface area contributed by atoms with Gasteiger partial charge in [0, 0.05) is 42.9 Å². The number of aryl methyl sites for hydroxylation is 1. The van der Waals surface area contributed by atoms with E-state index in [1.165, 1.54) is 12.1 Å². The van der Waals surface area contributed by atoms with Crippen LogP contribution in [0.3, 0.4) is 0 Å². The van der Waals surface area contributed by atoms with Crippen LogP contribution in [0.2, 0.25) is 0 Å². The van der Waals surface area contributed by atoms with Crippen molar-refractivity contribution in [1.82, 2.24) is 19.7 Å². The van der Waals surface area contributed by atoms with E-state index in [0.717, 1.165) is 5.69 Å². The third-order valence-corrected chi connectivity index (χ3v) is 5.28. The number of hydrogen-bond acceptors (Lipinski definition) is 7. The molecule has 0 radical (unpaired) electrons. The average molecular weight is 422 g/mol. The smallest absolute Gasteiger partial charge is 0.166 e. The summed E-state index contributed by atoms with van der Waals surface area (Å²) >= 11 is 0. The molecule has 4 rings (SSSR count). The van der Waals surface area contributed by atoms with Gasteiger partial charge in [0.25, 0.3) is 0 Å². The lowest BCUT2D eigenvalue weighted by atomic mass is 10.0. The first-order chi connectivity index (χ1) is 14.9. The molecule has 9 heteroatoms. The van der Waals surface area contributed by atoms with Gasteiger partial charge in [-0.2, -0.15) is 10.4 Å².